The molecule has 0 heterocycles. The van der Waals surface area contributed by atoms with E-state index in [0.717, 1.165) is 24.0 Å². The van der Waals surface area contributed by atoms with E-state index < -0.39 is 16.5 Å². The number of benzene rings is 2. The van der Waals surface area contributed by atoms with E-state index in [1.807, 2.05) is 60.7 Å². The minimum absolute atomic E-state index is 0. The van der Waals surface area contributed by atoms with Crippen LogP contribution in [-0.2, 0) is 25.8 Å². The van der Waals surface area contributed by atoms with Crippen molar-refractivity contribution in [2.24, 2.45) is 0 Å². The fourth-order valence-corrected chi connectivity index (χ4v) is 7.54. The standard InChI is InChI=1S/2C14H16NOSi.Hf/c2*1-17(2,13-10-6-7-11-13)15-14(16)12-8-4-3-5-9-12;/h2*3-6,8-10H,7H2,1-2H3,(H,15,16);/q2*-1;. The van der Waals surface area contributed by atoms with Crippen LogP contribution in [0.15, 0.2) is 95.4 Å². The third-order valence-corrected chi connectivity index (χ3v) is 10.7. The van der Waals surface area contributed by atoms with E-state index in [1.54, 1.807) is 0 Å². The van der Waals surface area contributed by atoms with Crippen LogP contribution in [0.1, 0.15) is 33.6 Å². The minimum atomic E-state index is -1.90. The van der Waals surface area contributed by atoms with Gasteiger partial charge in [-0.1, -0.05) is 36.4 Å². The molecule has 0 unspecified atom stereocenters. The molecular formula is C28H32HfN2O2Si2-2. The van der Waals surface area contributed by atoms with Crippen LogP contribution >= 0.6 is 0 Å². The number of amides is 2. The van der Waals surface area contributed by atoms with Crippen molar-refractivity contribution in [1.82, 2.24) is 9.96 Å². The van der Waals surface area contributed by atoms with Crippen molar-refractivity contribution in [3.8, 4) is 0 Å². The number of rotatable bonds is 6. The van der Waals surface area contributed by atoms with Crippen LogP contribution in [0.5, 0.6) is 0 Å². The fourth-order valence-electron chi connectivity index (χ4n) is 3.69. The van der Waals surface area contributed by atoms with Gasteiger partial charge in [0.05, 0.1) is 0 Å². The van der Waals surface area contributed by atoms with Gasteiger partial charge in [0.2, 0.25) is 11.8 Å². The van der Waals surface area contributed by atoms with Crippen molar-refractivity contribution in [2.75, 3.05) is 0 Å². The Morgan fingerprint density at radius 1 is 0.657 bits per heavy atom. The molecule has 4 nitrogen and oxygen atoms in total. The summed E-state index contributed by atoms with van der Waals surface area (Å²) in [5.41, 5.74) is 1.44. The van der Waals surface area contributed by atoms with E-state index in [1.165, 1.54) is 10.4 Å². The van der Waals surface area contributed by atoms with Gasteiger partial charge in [-0.25, -0.2) is 22.5 Å². The van der Waals surface area contributed by atoms with Crippen molar-refractivity contribution in [2.45, 2.75) is 39.0 Å². The molecule has 35 heavy (non-hydrogen) atoms. The summed E-state index contributed by atoms with van der Waals surface area (Å²) in [5.74, 6) is 0.0220. The maximum absolute atomic E-state index is 12.1. The maximum Gasteiger partial charge on any atom is 0.243 e. The number of carbonyl (C=O) groups excluding carboxylic acids is 2. The molecule has 0 saturated heterocycles. The van der Waals surface area contributed by atoms with E-state index in [0.29, 0.717) is 0 Å². The molecule has 7 heteroatoms. The topological polar surface area (TPSA) is 58.2 Å². The Hall–Kier alpha value is -2.36. The van der Waals surface area contributed by atoms with E-state index in [2.05, 4.69) is 72.6 Å². The van der Waals surface area contributed by atoms with E-state index >= 15 is 0 Å². The summed E-state index contributed by atoms with van der Waals surface area (Å²) in [4.78, 5) is 30.5. The molecule has 0 spiro atoms. The molecule has 4 rings (SSSR count). The first-order valence-electron chi connectivity index (χ1n) is 11.5. The zero-order chi connectivity index (χ0) is 24.6. The summed E-state index contributed by atoms with van der Waals surface area (Å²) in [6, 6.07) is 18.7. The molecule has 2 N–H and O–H groups in total. The largest absolute Gasteiger partial charge is 0.377 e. The molecule has 0 radical (unpaired) electrons. The number of carbonyl (C=O) groups is 2. The van der Waals surface area contributed by atoms with Crippen molar-refractivity contribution in [3.63, 3.8) is 0 Å². The second-order valence-corrected chi connectivity index (χ2v) is 17.4. The first-order chi connectivity index (χ1) is 16.2. The Morgan fingerprint density at radius 3 is 1.29 bits per heavy atom. The van der Waals surface area contributed by atoms with Gasteiger partial charge in [0.25, 0.3) is 0 Å². The Labute approximate surface area is 230 Å². The third kappa shape index (κ3) is 8.37. The second kappa shape index (κ2) is 13.1. The monoisotopic (exact) mass is 664 g/mol. The van der Waals surface area contributed by atoms with Gasteiger partial charge in [-0.15, -0.1) is 12.8 Å². The van der Waals surface area contributed by atoms with Crippen LogP contribution in [0.3, 0.4) is 0 Å². The smallest absolute Gasteiger partial charge is 0.243 e. The van der Waals surface area contributed by atoms with Crippen molar-refractivity contribution in [1.29, 1.82) is 0 Å². The molecule has 180 valence electrons. The fraction of sp³-hybridized carbons (Fsp3) is 0.214. The normalized spacial score (nSPS) is 14.2. The van der Waals surface area contributed by atoms with E-state index in [9.17, 15) is 9.59 Å². The molecule has 2 aliphatic rings. The molecule has 0 bridgehead atoms. The van der Waals surface area contributed by atoms with Crippen molar-refractivity contribution in [3.05, 3.63) is 119 Å². The Balaban J connectivity index is 0.000000240. The SMILES string of the molecule is C[Si](C)(NC(=O)c1ccccc1)C1=[C-]CC=C1.C[Si](C)(NC(=O)c1ccccc1)C1=[C-]CC=C1.[Hf]. The summed E-state index contributed by atoms with van der Waals surface area (Å²) in [7, 11) is -3.79. The summed E-state index contributed by atoms with van der Waals surface area (Å²) >= 11 is 0. The Kier molecular flexibility index (Phi) is 10.8. The molecule has 2 aromatic rings. The zero-order valence-electron chi connectivity index (χ0n) is 20.8. The Morgan fingerprint density at radius 2 is 1.00 bits per heavy atom. The molecule has 2 aromatic carbocycles. The van der Waals surface area contributed by atoms with Gasteiger partial charge in [0.1, 0.15) is 16.5 Å². The molecule has 0 atom stereocenters. The second-order valence-electron chi connectivity index (χ2n) is 9.28. The zero-order valence-corrected chi connectivity index (χ0v) is 26.4. The van der Waals surface area contributed by atoms with Crippen molar-refractivity contribution >= 4 is 28.3 Å². The molecule has 0 aliphatic heterocycles. The van der Waals surface area contributed by atoms with Crippen molar-refractivity contribution < 1.29 is 35.4 Å². The Bertz CT molecular complexity index is 1050. The summed E-state index contributed by atoms with van der Waals surface area (Å²) in [5, 5.41) is 2.36. The number of hydrogen-bond acceptors (Lipinski definition) is 2. The first kappa shape index (κ1) is 28.9. The number of allylic oxidation sites excluding steroid dienone is 8. The maximum atomic E-state index is 12.1. The molecule has 0 aromatic heterocycles. The van der Waals surface area contributed by atoms with Crippen LogP contribution in [-0.4, -0.2) is 28.3 Å². The minimum Gasteiger partial charge on any atom is -0.377 e. The van der Waals surface area contributed by atoms with Gasteiger partial charge in [-0.3, -0.25) is 21.7 Å². The van der Waals surface area contributed by atoms with Gasteiger partial charge < -0.3 is 9.96 Å². The van der Waals surface area contributed by atoms with Crippen LogP contribution < -0.4 is 9.96 Å². The van der Waals surface area contributed by atoms with Gasteiger partial charge in [0.15, 0.2) is 0 Å². The molecular weight excluding hydrogens is 631 g/mol. The average molecular weight is 663 g/mol. The molecule has 2 aliphatic carbocycles. The quantitative estimate of drug-likeness (QED) is 0.308. The van der Waals surface area contributed by atoms with Crippen LogP contribution in [0, 0.1) is 12.2 Å². The summed E-state index contributed by atoms with van der Waals surface area (Å²) in [6.07, 6.45) is 16.7. The van der Waals surface area contributed by atoms with Gasteiger partial charge in [0, 0.05) is 37.0 Å². The number of hydrogen-bond donors (Lipinski definition) is 2. The summed E-state index contributed by atoms with van der Waals surface area (Å²) < 4.78 is 0. The van der Waals surface area contributed by atoms with Crippen LogP contribution in [0.2, 0.25) is 26.2 Å². The number of nitrogens with one attached hydrogen (secondary N) is 2. The van der Waals surface area contributed by atoms with Gasteiger partial charge in [-0.05, 0) is 50.5 Å². The van der Waals surface area contributed by atoms with Crippen LogP contribution in [0.25, 0.3) is 0 Å². The summed E-state index contributed by atoms with van der Waals surface area (Å²) in [6.45, 7) is 8.52. The molecule has 0 saturated carbocycles. The van der Waals surface area contributed by atoms with Crippen LogP contribution in [0.4, 0.5) is 0 Å². The molecule has 2 amide bonds. The van der Waals surface area contributed by atoms with Gasteiger partial charge >= 0.3 is 0 Å². The third-order valence-electron chi connectivity index (χ3n) is 5.66. The van der Waals surface area contributed by atoms with Gasteiger partial charge in [-0.2, -0.15) is 12.2 Å². The van der Waals surface area contributed by atoms with E-state index in [-0.39, 0.29) is 37.7 Å². The predicted octanol–water partition coefficient (Wildman–Crippen LogP) is 5.70. The predicted molar refractivity (Wildman–Crippen MR) is 144 cm³/mol. The first-order valence-corrected chi connectivity index (χ1v) is 17.5. The van der Waals surface area contributed by atoms with E-state index in [4.69, 9.17) is 0 Å². The molecule has 0 fully saturated rings. The average Bonchev–Trinajstić information content (AvgIpc) is 3.55.